The molecule has 4 rings (SSSR count). The van der Waals surface area contributed by atoms with Crippen molar-refractivity contribution in [2.45, 2.75) is 13.8 Å². The largest absolute Gasteiger partial charge is 0.497 e. The van der Waals surface area contributed by atoms with Gasteiger partial charge < -0.3 is 14.0 Å². The summed E-state index contributed by atoms with van der Waals surface area (Å²) in [6.07, 6.45) is 1.55. The lowest BCUT2D eigenvalue weighted by Gasteiger charge is -2.29. The van der Waals surface area contributed by atoms with E-state index in [-0.39, 0.29) is 10.7 Å². The molecule has 8 nitrogen and oxygen atoms in total. The van der Waals surface area contributed by atoms with Crippen LogP contribution in [0.5, 0.6) is 5.75 Å². The molecule has 1 N–H and O–H groups in total. The zero-order valence-electron chi connectivity index (χ0n) is 19.6. The molecule has 1 saturated heterocycles. The Morgan fingerprint density at radius 2 is 1.71 bits per heavy atom. The molecule has 2 aromatic carbocycles. The van der Waals surface area contributed by atoms with Crippen LogP contribution in [0.25, 0.3) is 11.8 Å². The van der Waals surface area contributed by atoms with E-state index in [0.717, 1.165) is 17.1 Å². The summed E-state index contributed by atoms with van der Waals surface area (Å²) in [5, 5.41) is 2.60. The molecule has 2 heterocycles. The van der Waals surface area contributed by atoms with Crippen molar-refractivity contribution in [1.29, 1.82) is 0 Å². The van der Waals surface area contributed by atoms with Crippen LogP contribution in [0.1, 0.15) is 27.3 Å². The molecule has 2 amide bonds. The fourth-order valence-electron chi connectivity index (χ4n) is 4.00. The first-order valence-corrected chi connectivity index (χ1v) is 11.1. The lowest BCUT2D eigenvalue weighted by molar-refractivity contribution is -0.122. The minimum Gasteiger partial charge on any atom is -0.497 e. The van der Waals surface area contributed by atoms with Gasteiger partial charge in [-0.2, -0.15) is 0 Å². The third-order valence-corrected chi connectivity index (χ3v) is 6.01. The number of aryl methyl sites for hydroxylation is 1. The van der Waals surface area contributed by atoms with Crippen molar-refractivity contribution < 1.29 is 23.9 Å². The number of carbonyl (C=O) groups excluding carboxylic acids is 3. The van der Waals surface area contributed by atoms with Crippen molar-refractivity contribution in [1.82, 2.24) is 9.88 Å². The Hall–Kier alpha value is -4.24. The Morgan fingerprint density at radius 3 is 2.37 bits per heavy atom. The van der Waals surface area contributed by atoms with E-state index in [2.05, 4.69) is 5.32 Å². The summed E-state index contributed by atoms with van der Waals surface area (Å²) in [6.45, 7) is 3.78. The minimum absolute atomic E-state index is 0.00687. The number of thiocarbonyl (C=S) groups is 1. The molecule has 1 fully saturated rings. The molecular formula is C26H23N3O5S. The van der Waals surface area contributed by atoms with Gasteiger partial charge in [-0.25, -0.2) is 4.79 Å². The number of aromatic nitrogens is 1. The Kier molecular flexibility index (Phi) is 6.52. The van der Waals surface area contributed by atoms with Crippen LogP contribution in [-0.2, 0) is 14.3 Å². The predicted octanol–water partition coefficient (Wildman–Crippen LogP) is 3.72. The van der Waals surface area contributed by atoms with Crippen molar-refractivity contribution in [3.8, 4) is 11.4 Å². The summed E-state index contributed by atoms with van der Waals surface area (Å²) in [5.74, 6) is -0.896. The zero-order chi connectivity index (χ0) is 25.3. The normalized spacial score (nSPS) is 14.8. The van der Waals surface area contributed by atoms with E-state index < -0.39 is 17.8 Å². The van der Waals surface area contributed by atoms with E-state index in [1.165, 1.54) is 12.0 Å². The number of anilines is 1. The van der Waals surface area contributed by atoms with Crippen LogP contribution in [0, 0.1) is 13.8 Å². The monoisotopic (exact) mass is 489 g/mol. The van der Waals surface area contributed by atoms with Crippen LogP contribution < -0.4 is 15.0 Å². The van der Waals surface area contributed by atoms with E-state index in [4.69, 9.17) is 21.7 Å². The van der Waals surface area contributed by atoms with Crippen LogP contribution in [0.15, 0.2) is 60.2 Å². The fraction of sp³-hybridized carbons (Fsp3) is 0.154. The third-order valence-electron chi connectivity index (χ3n) is 5.73. The van der Waals surface area contributed by atoms with Gasteiger partial charge in [-0.1, -0.05) is 6.07 Å². The highest BCUT2D eigenvalue weighted by Crippen LogP contribution is 2.27. The smallest absolute Gasteiger partial charge is 0.337 e. The first kappa shape index (κ1) is 23.9. The molecular weight excluding hydrogens is 466 g/mol. The maximum Gasteiger partial charge on any atom is 0.337 e. The molecule has 1 aromatic heterocycles. The molecule has 1 aliphatic heterocycles. The molecule has 0 saturated carbocycles. The minimum atomic E-state index is -0.567. The van der Waals surface area contributed by atoms with E-state index in [9.17, 15) is 14.4 Å². The van der Waals surface area contributed by atoms with Crippen molar-refractivity contribution in [3.05, 3.63) is 82.7 Å². The van der Waals surface area contributed by atoms with Gasteiger partial charge >= 0.3 is 5.97 Å². The molecule has 1 aliphatic rings. The molecule has 0 unspecified atom stereocenters. The second-order valence-corrected chi connectivity index (χ2v) is 8.25. The molecule has 0 aliphatic carbocycles. The number of nitrogens with zero attached hydrogens (tertiary/aromatic N) is 2. The Labute approximate surface area is 207 Å². The van der Waals surface area contributed by atoms with Crippen molar-refractivity contribution >= 4 is 46.9 Å². The van der Waals surface area contributed by atoms with E-state index in [1.807, 2.05) is 30.5 Å². The van der Waals surface area contributed by atoms with Crippen LogP contribution >= 0.6 is 12.2 Å². The van der Waals surface area contributed by atoms with Crippen LogP contribution in [0.3, 0.4) is 0 Å². The third kappa shape index (κ3) is 4.45. The van der Waals surface area contributed by atoms with Crippen LogP contribution in [0.2, 0.25) is 0 Å². The summed E-state index contributed by atoms with van der Waals surface area (Å²) in [4.78, 5) is 39.3. The highest BCUT2D eigenvalue weighted by molar-refractivity contribution is 7.80. The predicted molar refractivity (Wildman–Crippen MR) is 136 cm³/mol. The second kappa shape index (κ2) is 9.55. The quantitative estimate of drug-likeness (QED) is 0.254. The Morgan fingerprint density at radius 1 is 1.00 bits per heavy atom. The number of carbonyl (C=O) groups is 3. The second-order valence-electron chi connectivity index (χ2n) is 7.86. The maximum absolute atomic E-state index is 13.4. The molecule has 0 radical (unpaired) electrons. The molecule has 9 heteroatoms. The van der Waals surface area contributed by atoms with Gasteiger partial charge in [0.25, 0.3) is 11.8 Å². The van der Waals surface area contributed by atoms with Crippen LogP contribution in [-0.4, -0.2) is 41.7 Å². The molecule has 3 aromatic rings. The number of amides is 2. The number of benzene rings is 2. The fourth-order valence-corrected chi connectivity index (χ4v) is 4.28. The SMILES string of the molecule is COC(=O)c1cccc(-n2c(C)cc(/C=C3\C(=O)NC(=S)N(c4ccc(OC)cc4)C3=O)c2C)c1. The van der Waals surface area contributed by atoms with Crippen molar-refractivity contribution in [2.75, 3.05) is 19.1 Å². The van der Waals surface area contributed by atoms with Gasteiger partial charge in [-0.05, 0) is 86.2 Å². The van der Waals surface area contributed by atoms with Gasteiger partial charge in [0.1, 0.15) is 11.3 Å². The average Bonchev–Trinajstić information content (AvgIpc) is 3.14. The highest BCUT2D eigenvalue weighted by Gasteiger charge is 2.34. The van der Waals surface area contributed by atoms with Crippen molar-refractivity contribution in [3.63, 3.8) is 0 Å². The maximum atomic E-state index is 13.4. The summed E-state index contributed by atoms with van der Waals surface area (Å²) in [6, 6.07) is 15.7. The Balaban J connectivity index is 1.73. The summed E-state index contributed by atoms with van der Waals surface area (Å²) in [7, 11) is 2.88. The van der Waals surface area contributed by atoms with Crippen LogP contribution in [0.4, 0.5) is 5.69 Å². The summed E-state index contributed by atoms with van der Waals surface area (Å²) < 4.78 is 11.9. The number of rotatable bonds is 5. The lowest BCUT2D eigenvalue weighted by Crippen LogP contribution is -2.54. The van der Waals surface area contributed by atoms with Gasteiger partial charge in [-0.3, -0.25) is 19.8 Å². The molecule has 0 spiro atoms. The number of hydrogen-bond acceptors (Lipinski definition) is 6. The topological polar surface area (TPSA) is 89.9 Å². The van der Waals surface area contributed by atoms with E-state index in [1.54, 1.807) is 55.7 Å². The molecule has 178 valence electrons. The lowest BCUT2D eigenvalue weighted by atomic mass is 10.1. The summed E-state index contributed by atoms with van der Waals surface area (Å²) >= 11 is 5.27. The van der Waals surface area contributed by atoms with E-state index >= 15 is 0 Å². The number of esters is 1. The van der Waals surface area contributed by atoms with E-state index in [0.29, 0.717) is 22.6 Å². The number of ether oxygens (including phenoxy) is 2. The number of methoxy groups -OCH3 is 2. The summed E-state index contributed by atoms with van der Waals surface area (Å²) in [5.41, 5.74) is 3.99. The highest BCUT2D eigenvalue weighted by atomic mass is 32.1. The van der Waals surface area contributed by atoms with Gasteiger partial charge in [0.2, 0.25) is 0 Å². The van der Waals surface area contributed by atoms with Gasteiger partial charge in [0, 0.05) is 17.1 Å². The number of nitrogens with one attached hydrogen (secondary N) is 1. The van der Waals surface area contributed by atoms with Gasteiger partial charge in [0.15, 0.2) is 5.11 Å². The van der Waals surface area contributed by atoms with Crippen molar-refractivity contribution in [2.24, 2.45) is 0 Å². The molecule has 0 bridgehead atoms. The first-order valence-electron chi connectivity index (χ1n) is 10.7. The standard InChI is InChI=1S/C26H23N3O5S/c1-15-12-18(16(2)28(15)20-7-5-6-17(13-20)25(32)34-4)14-22-23(30)27-26(35)29(24(22)31)19-8-10-21(33-3)11-9-19/h5-14H,1-4H3,(H,27,30,35)/b22-14+. The Bertz CT molecular complexity index is 1390. The first-order chi connectivity index (χ1) is 16.7. The van der Waals surface area contributed by atoms with Gasteiger partial charge in [0.05, 0.1) is 25.5 Å². The number of hydrogen-bond donors (Lipinski definition) is 1. The van der Waals surface area contributed by atoms with Gasteiger partial charge in [-0.15, -0.1) is 0 Å². The molecule has 0 atom stereocenters. The average molecular weight is 490 g/mol. The molecule has 35 heavy (non-hydrogen) atoms. The zero-order valence-corrected chi connectivity index (χ0v) is 20.4.